The number of aliphatic hydroxyl groups is 1. The maximum absolute atomic E-state index is 11.8. The maximum Gasteiger partial charge on any atom is 0.412 e. The lowest BCUT2D eigenvalue weighted by atomic mass is 10.0. The lowest BCUT2D eigenvalue weighted by molar-refractivity contribution is -0.0943. The van der Waals surface area contributed by atoms with E-state index in [-0.39, 0.29) is 6.42 Å². The van der Waals surface area contributed by atoms with Crippen LogP contribution in [0.25, 0.3) is 0 Å². The van der Waals surface area contributed by atoms with Crippen molar-refractivity contribution in [2.24, 2.45) is 0 Å². The van der Waals surface area contributed by atoms with Gasteiger partial charge in [0.2, 0.25) is 0 Å². The molecule has 2 atom stereocenters. The van der Waals surface area contributed by atoms with Gasteiger partial charge in [0.1, 0.15) is 6.10 Å². The quantitative estimate of drug-likeness (QED) is 0.830. The van der Waals surface area contributed by atoms with Gasteiger partial charge in [-0.15, -0.1) is 6.58 Å². The molecular weight excluding hydrogens is 230 g/mol. The molecule has 0 spiro atoms. The van der Waals surface area contributed by atoms with Crippen LogP contribution in [0.5, 0.6) is 0 Å². The Morgan fingerprint density at radius 2 is 2.17 bits per heavy atom. The van der Waals surface area contributed by atoms with E-state index >= 15 is 0 Å². The van der Waals surface area contributed by atoms with Crippen LogP contribution in [-0.2, 0) is 11.3 Å². The monoisotopic (exact) mass is 247 g/mol. The fourth-order valence-corrected chi connectivity index (χ4v) is 2.14. The van der Waals surface area contributed by atoms with Crippen molar-refractivity contribution in [1.82, 2.24) is 4.90 Å². The lowest BCUT2D eigenvalue weighted by Crippen LogP contribution is -2.49. The summed E-state index contributed by atoms with van der Waals surface area (Å²) in [6.45, 7) is 5.63. The van der Waals surface area contributed by atoms with E-state index in [0.717, 1.165) is 5.56 Å². The smallest absolute Gasteiger partial charge is 0.412 e. The first-order valence-corrected chi connectivity index (χ1v) is 5.93. The number of nitrogens with zero attached hydrogens (tertiary/aromatic N) is 1. The molecule has 0 radical (unpaired) electrons. The van der Waals surface area contributed by atoms with Crippen LogP contribution in [0.3, 0.4) is 0 Å². The van der Waals surface area contributed by atoms with Crippen molar-refractivity contribution < 1.29 is 14.6 Å². The largest absolute Gasteiger partial charge is 0.441 e. The second-order valence-electron chi connectivity index (χ2n) is 4.47. The zero-order valence-electron chi connectivity index (χ0n) is 10.4. The molecular formula is C14H17NO3. The van der Waals surface area contributed by atoms with Crippen LogP contribution < -0.4 is 0 Å². The fourth-order valence-electron chi connectivity index (χ4n) is 2.14. The van der Waals surface area contributed by atoms with Crippen molar-refractivity contribution in [2.45, 2.75) is 31.7 Å². The van der Waals surface area contributed by atoms with E-state index in [1.54, 1.807) is 13.0 Å². The Labute approximate surface area is 106 Å². The highest BCUT2D eigenvalue weighted by molar-refractivity contribution is 5.71. The maximum atomic E-state index is 11.8. The Hall–Kier alpha value is -1.81. The van der Waals surface area contributed by atoms with Gasteiger partial charge in [0, 0.05) is 6.42 Å². The van der Waals surface area contributed by atoms with E-state index in [0.29, 0.717) is 6.54 Å². The number of cyclic esters (lactones) is 1. The molecule has 1 amide bonds. The van der Waals surface area contributed by atoms with Crippen molar-refractivity contribution in [2.75, 3.05) is 0 Å². The SMILES string of the molecule is C=CC[C@@]1(O)[C@H](C)OC(=O)N1Cc1ccccc1. The van der Waals surface area contributed by atoms with Crippen LogP contribution in [0.4, 0.5) is 4.79 Å². The Morgan fingerprint density at radius 1 is 1.50 bits per heavy atom. The van der Waals surface area contributed by atoms with E-state index in [1.807, 2.05) is 30.3 Å². The highest BCUT2D eigenvalue weighted by Gasteiger charge is 2.50. The molecule has 1 aliphatic heterocycles. The first-order chi connectivity index (χ1) is 8.58. The van der Waals surface area contributed by atoms with Gasteiger partial charge in [-0.1, -0.05) is 36.4 Å². The third kappa shape index (κ3) is 2.11. The minimum Gasteiger partial charge on any atom is -0.441 e. The van der Waals surface area contributed by atoms with Gasteiger partial charge in [-0.3, -0.25) is 4.90 Å². The average Bonchev–Trinajstić information content (AvgIpc) is 2.55. The molecule has 1 heterocycles. The highest BCUT2D eigenvalue weighted by atomic mass is 16.6. The number of carbonyl (C=O) groups excluding carboxylic acids is 1. The van der Waals surface area contributed by atoms with Gasteiger partial charge in [0.05, 0.1) is 6.54 Å². The van der Waals surface area contributed by atoms with Crippen LogP contribution >= 0.6 is 0 Å². The molecule has 1 aromatic carbocycles. The van der Waals surface area contributed by atoms with Crippen LogP contribution in [-0.4, -0.2) is 27.9 Å². The summed E-state index contributed by atoms with van der Waals surface area (Å²) in [6, 6.07) is 9.51. The van der Waals surface area contributed by atoms with Gasteiger partial charge in [0.25, 0.3) is 0 Å². The van der Waals surface area contributed by atoms with E-state index in [4.69, 9.17) is 4.74 Å². The molecule has 1 aromatic rings. The Kier molecular flexibility index (Phi) is 3.39. The third-order valence-electron chi connectivity index (χ3n) is 3.24. The molecule has 18 heavy (non-hydrogen) atoms. The average molecular weight is 247 g/mol. The number of carbonyl (C=O) groups is 1. The summed E-state index contributed by atoms with van der Waals surface area (Å²) < 4.78 is 5.10. The van der Waals surface area contributed by atoms with E-state index < -0.39 is 17.9 Å². The molecule has 1 fully saturated rings. The molecule has 0 aliphatic carbocycles. The van der Waals surface area contributed by atoms with Gasteiger partial charge in [-0.05, 0) is 12.5 Å². The highest BCUT2D eigenvalue weighted by Crippen LogP contribution is 2.32. The predicted octanol–water partition coefficient (Wildman–Crippen LogP) is 2.29. The predicted molar refractivity (Wildman–Crippen MR) is 67.7 cm³/mol. The van der Waals surface area contributed by atoms with Crippen LogP contribution in [0.1, 0.15) is 18.9 Å². The molecule has 0 bridgehead atoms. The summed E-state index contributed by atoms with van der Waals surface area (Å²) in [6.07, 6.45) is 0.825. The third-order valence-corrected chi connectivity index (χ3v) is 3.24. The number of benzene rings is 1. The Bertz CT molecular complexity index is 446. The van der Waals surface area contributed by atoms with Crippen molar-refractivity contribution in [3.8, 4) is 0 Å². The van der Waals surface area contributed by atoms with Crippen LogP contribution in [0, 0.1) is 0 Å². The Morgan fingerprint density at radius 3 is 2.78 bits per heavy atom. The minimum absolute atomic E-state index is 0.284. The number of ether oxygens (including phenoxy) is 1. The van der Waals surface area contributed by atoms with Crippen molar-refractivity contribution in [1.29, 1.82) is 0 Å². The molecule has 0 unspecified atom stereocenters. The van der Waals surface area contributed by atoms with E-state index in [1.165, 1.54) is 4.90 Å². The second-order valence-corrected chi connectivity index (χ2v) is 4.47. The summed E-state index contributed by atoms with van der Waals surface area (Å²) >= 11 is 0. The molecule has 1 saturated heterocycles. The molecule has 1 N–H and O–H groups in total. The zero-order valence-corrected chi connectivity index (χ0v) is 10.4. The first kappa shape index (κ1) is 12.6. The van der Waals surface area contributed by atoms with Gasteiger partial charge in [0.15, 0.2) is 5.72 Å². The van der Waals surface area contributed by atoms with Gasteiger partial charge in [-0.25, -0.2) is 4.79 Å². The van der Waals surface area contributed by atoms with Crippen molar-refractivity contribution in [3.63, 3.8) is 0 Å². The summed E-state index contributed by atoms with van der Waals surface area (Å²) in [7, 11) is 0. The fraction of sp³-hybridized carbons (Fsp3) is 0.357. The number of hydrogen-bond acceptors (Lipinski definition) is 3. The van der Waals surface area contributed by atoms with Gasteiger partial charge >= 0.3 is 6.09 Å². The standard InChI is InChI=1S/C14H17NO3/c1-3-9-14(17)11(2)18-13(16)15(14)10-12-7-5-4-6-8-12/h3-8,11,17H,1,9-10H2,2H3/t11-,14+/m0/s1. The van der Waals surface area contributed by atoms with Gasteiger partial charge in [-0.2, -0.15) is 0 Å². The van der Waals surface area contributed by atoms with E-state index in [9.17, 15) is 9.90 Å². The van der Waals surface area contributed by atoms with Crippen LogP contribution in [0.15, 0.2) is 43.0 Å². The number of hydrogen-bond donors (Lipinski definition) is 1. The number of rotatable bonds is 4. The van der Waals surface area contributed by atoms with E-state index in [2.05, 4.69) is 6.58 Å². The first-order valence-electron chi connectivity index (χ1n) is 5.93. The molecule has 1 aliphatic rings. The summed E-state index contributed by atoms with van der Waals surface area (Å²) in [4.78, 5) is 13.1. The van der Waals surface area contributed by atoms with Gasteiger partial charge < -0.3 is 9.84 Å². The van der Waals surface area contributed by atoms with Crippen molar-refractivity contribution >= 4 is 6.09 Å². The molecule has 0 saturated carbocycles. The Balaban J connectivity index is 2.24. The topological polar surface area (TPSA) is 49.8 Å². The lowest BCUT2D eigenvalue weighted by Gasteiger charge is -2.32. The minimum atomic E-state index is -1.31. The summed E-state index contributed by atoms with van der Waals surface area (Å²) in [5.41, 5.74) is -0.361. The normalized spacial score (nSPS) is 27.1. The molecule has 4 nitrogen and oxygen atoms in total. The molecule has 2 rings (SSSR count). The summed E-state index contributed by atoms with van der Waals surface area (Å²) in [5.74, 6) is 0. The zero-order chi connectivity index (χ0) is 13.2. The molecule has 0 aromatic heterocycles. The summed E-state index contributed by atoms with van der Waals surface area (Å²) in [5, 5.41) is 10.6. The second kappa shape index (κ2) is 4.82. The van der Waals surface area contributed by atoms with Crippen molar-refractivity contribution in [3.05, 3.63) is 48.6 Å². The van der Waals surface area contributed by atoms with Crippen LogP contribution in [0.2, 0.25) is 0 Å². The molecule has 96 valence electrons. The molecule has 4 heteroatoms. The number of amides is 1.